The number of hydrogen-bond donors (Lipinski definition) is 1. The van der Waals surface area contributed by atoms with Gasteiger partial charge in [-0.1, -0.05) is 0 Å². The third kappa shape index (κ3) is 2.79. The van der Waals surface area contributed by atoms with Crippen molar-refractivity contribution in [2.45, 2.75) is 0 Å². The number of carboxylic acids is 1. The zero-order valence-corrected chi connectivity index (χ0v) is 3.88. The number of allylic oxidation sites excluding steroid dienone is 1. The van der Waals surface area contributed by atoms with Crippen LogP contribution in [0.5, 0.6) is 0 Å². The van der Waals surface area contributed by atoms with Crippen LogP contribution in [0.3, 0.4) is 0 Å². The second-order valence-electron chi connectivity index (χ2n) is 0.972. The van der Waals surface area contributed by atoms with E-state index < -0.39 is 5.97 Å². The number of carbonyl (C=O) groups is 1. The predicted octanol–water partition coefficient (Wildman–Crippen LogP) is -1.19. The Bertz CT molecular complexity index is 177. The molecular formula is C5H3O3-. The number of terminal acetylenes is 1. The topological polar surface area (TPSA) is 60.4 Å². The Hall–Kier alpha value is -1.43. The van der Waals surface area contributed by atoms with Crippen LogP contribution in [0.2, 0.25) is 0 Å². The molecule has 0 heterocycles. The monoisotopic (exact) mass is 112 g/mol. The van der Waals surface area contributed by atoms with E-state index in [0.29, 0.717) is 6.08 Å². The molecule has 3 nitrogen and oxygen atoms in total. The largest absolute Gasteiger partial charge is 0.545 e. The minimum Gasteiger partial charge on any atom is -0.545 e. The minimum atomic E-state index is -1.48. The van der Waals surface area contributed by atoms with Gasteiger partial charge in [-0.25, -0.2) is 0 Å². The summed E-state index contributed by atoms with van der Waals surface area (Å²) in [4.78, 5) is 9.68. The maximum atomic E-state index is 9.68. The number of carbonyl (C=O) groups excluding carboxylic acids is 1. The number of hydrogen-bond acceptors (Lipinski definition) is 3. The first-order valence-electron chi connectivity index (χ1n) is 2.14. The summed E-state index contributed by atoms with van der Waals surface area (Å²) in [6.45, 7) is 0. The van der Waals surface area contributed by atoms with Crippen molar-refractivity contribution in [1.29, 1.82) is 1.43 Å². The lowest BCUT2D eigenvalue weighted by molar-refractivity contribution is -0.297. The van der Waals surface area contributed by atoms with Crippen LogP contribution in [0.25, 0.3) is 1.43 Å². The van der Waals surface area contributed by atoms with E-state index in [1.165, 1.54) is 0 Å². The van der Waals surface area contributed by atoms with Gasteiger partial charge >= 0.3 is 0 Å². The predicted molar refractivity (Wildman–Crippen MR) is 24.6 cm³/mol. The van der Waals surface area contributed by atoms with E-state index in [4.69, 9.17) is 1.43 Å². The highest BCUT2D eigenvalue weighted by atomic mass is 16.4. The van der Waals surface area contributed by atoms with E-state index in [9.17, 15) is 9.90 Å². The third-order valence-electron chi connectivity index (χ3n) is 0.391. The number of rotatable bonds is 2. The molecule has 0 aliphatic heterocycles. The fraction of sp³-hybridized carbons (Fsp3) is 0. The summed E-state index contributed by atoms with van der Waals surface area (Å²) in [6, 6.07) is 0. The molecular weight excluding hydrogens is 108 g/mol. The first kappa shape index (κ1) is 4.72. The highest BCUT2D eigenvalue weighted by Gasteiger charge is 1.80. The molecule has 0 unspecified atom stereocenters. The van der Waals surface area contributed by atoms with E-state index in [1.807, 2.05) is 5.92 Å². The summed E-state index contributed by atoms with van der Waals surface area (Å²) in [5.74, 6) is -0.0427. The van der Waals surface area contributed by atoms with Crippen LogP contribution in [0.4, 0.5) is 0 Å². The maximum Gasteiger partial charge on any atom is 0.294 e. The Labute approximate surface area is 47.8 Å². The van der Waals surface area contributed by atoms with Crippen LogP contribution in [0.1, 0.15) is 0 Å². The molecule has 0 aromatic rings. The van der Waals surface area contributed by atoms with E-state index in [1.54, 1.807) is 0 Å². The molecule has 0 bridgehead atoms. The molecule has 0 rings (SSSR count). The van der Waals surface area contributed by atoms with E-state index in [-0.39, 0.29) is 5.76 Å². The van der Waals surface area contributed by atoms with Crippen LogP contribution < -0.4 is 5.11 Å². The highest BCUT2D eigenvalue weighted by Crippen LogP contribution is 1.79. The van der Waals surface area contributed by atoms with Crippen molar-refractivity contribution < 1.29 is 15.0 Å². The SMILES string of the molecule is [2H]O/C(C#C)=C\C(=O)[O-]. The molecule has 0 saturated carbocycles. The van der Waals surface area contributed by atoms with Gasteiger partial charge in [0.15, 0.2) is 5.76 Å². The van der Waals surface area contributed by atoms with Gasteiger partial charge in [0.25, 0.3) is 1.43 Å². The minimum absolute atomic E-state index is 0.380. The zero-order chi connectivity index (χ0) is 7.28. The fourth-order valence-electron chi connectivity index (χ4n) is 0.149. The van der Waals surface area contributed by atoms with Crippen molar-refractivity contribution >= 4 is 5.97 Å². The average Bonchev–Trinajstić information content (AvgIpc) is 1.82. The molecule has 8 heavy (non-hydrogen) atoms. The van der Waals surface area contributed by atoms with Gasteiger partial charge in [0, 0.05) is 6.08 Å². The number of aliphatic hydroxyl groups is 1. The van der Waals surface area contributed by atoms with Crippen molar-refractivity contribution in [2.75, 3.05) is 0 Å². The lowest BCUT2D eigenvalue weighted by Crippen LogP contribution is -2.19. The van der Waals surface area contributed by atoms with Crippen molar-refractivity contribution in [2.24, 2.45) is 0 Å². The molecule has 1 N–H and O–H groups in total. The van der Waals surface area contributed by atoms with Gasteiger partial charge in [0.1, 0.15) is 0 Å². The summed E-state index contributed by atoms with van der Waals surface area (Å²) >= 11 is 0. The molecule has 0 aliphatic carbocycles. The first-order valence-corrected chi connectivity index (χ1v) is 1.73. The third-order valence-corrected chi connectivity index (χ3v) is 0.391. The lowest BCUT2D eigenvalue weighted by Gasteiger charge is -1.88. The Morgan fingerprint density at radius 1 is 2.12 bits per heavy atom. The maximum absolute atomic E-state index is 9.68. The fourth-order valence-corrected chi connectivity index (χ4v) is 0.149. The van der Waals surface area contributed by atoms with Crippen LogP contribution in [-0.4, -0.2) is 11.1 Å². The van der Waals surface area contributed by atoms with Crippen LogP contribution >= 0.6 is 0 Å². The van der Waals surface area contributed by atoms with Crippen LogP contribution in [-0.2, 0) is 4.79 Å². The van der Waals surface area contributed by atoms with E-state index in [2.05, 4.69) is 11.5 Å². The Morgan fingerprint density at radius 2 is 2.75 bits per heavy atom. The van der Waals surface area contributed by atoms with Gasteiger partial charge < -0.3 is 15.0 Å². The average molecular weight is 112 g/mol. The molecule has 0 atom stereocenters. The van der Waals surface area contributed by atoms with Crippen LogP contribution in [0, 0.1) is 12.3 Å². The summed E-state index contributed by atoms with van der Waals surface area (Å²) in [6.07, 6.45) is 5.20. The molecule has 3 heteroatoms. The number of carboxylic acid groups (broad SMARTS) is 1. The van der Waals surface area contributed by atoms with Crippen molar-refractivity contribution in [3.05, 3.63) is 11.8 Å². The normalized spacial score (nSPS) is 11.4. The standard InChI is InChI=1S/C5H4O3/c1-2-4(6)3-5(7)8/h1,3,6H,(H,7,8)/p-1/b4-3-/i/hD. The summed E-state index contributed by atoms with van der Waals surface area (Å²) < 4.78 is 6.15. The molecule has 0 radical (unpaired) electrons. The smallest absolute Gasteiger partial charge is 0.294 e. The van der Waals surface area contributed by atoms with E-state index in [0.717, 1.165) is 0 Å². The second-order valence-corrected chi connectivity index (χ2v) is 0.972. The summed E-state index contributed by atoms with van der Waals surface area (Å²) in [7, 11) is 0. The Kier molecular flexibility index (Phi) is 1.59. The first-order chi connectivity index (χ1) is 4.20. The van der Waals surface area contributed by atoms with Gasteiger partial charge in [0.2, 0.25) is 0 Å². The van der Waals surface area contributed by atoms with E-state index >= 15 is 0 Å². The molecule has 0 amide bonds. The highest BCUT2D eigenvalue weighted by molar-refractivity contribution is 5.78. The van der Waals surface area contributed by atoms with Gasteiger partial charge in [0.05, 0.1) is 5.97 Å². The quantitative estimate of drug-likeness (QED) is 0.277. The molecule has 0 saturated heterocycles. The molecule has 0 aliphatic rings. The zero-order valence-electron chi connectivity index (χ0n) is 4.88. The van der Waals surface area contributed by atoms with Crippen molar-refractivity contribution in [3.8, 4) is 12.3 Å². The molecule has 0 fully saturated rings. The molecule has 0 aromatic carbocycles. The molecule has 0 spiro atoms. The molecule has 0 aromatic heterocycles. The number of aliphatic carboxylic acids is 1. The van der Waals surface area contributed by atoms with Crippen molar-refractivity contribution in [3.63, 3.8) is 0 Å². The Morgan fingerprint density at radius 3 is 2.88 bits per heavy atom. The van der Waals surface area contributed by atoms with Gasteiger partial charge in [-0.2, -0.15) is 0 Å². The van der Waals surface area contributed by atoms with Crippen LogP contribution in [0.15, 0.2) is 11.8 Å². The molecule has 42 valence electrons. The second kappa shape index (κ2) is 2.69. The summed E-state index contributed by atoms with van der Waals surface area (Å²) in [5, 5.41) is 13.3. The van der Waals surface area contributed by atoms with Gasteiger partial charge in [-0.3, -0.25) is 0 Å². The Balaban J connectivity index is 4.13. The lowest BCUT2D eigenvalue weighted by atomic mass is 10.5. The van der Waals surface area contributed by atoms with Gasteiger partial charge in [-0.05, 0) is 5.92 Å². The van der Waals surface area contributed by atoms with Crippen molar-refractivity contribution in [1.82, 2.24) is 0 Å². The summed E-state index contributed by atoms with van der Waals surface area (Å²) in [5.41, 5.74) is 0. The van der Waals surface area contributed by atoms with Gasteiger partial charge in [-0.15, -0.1) is 6.42 Å². The number of aliphatic hydroxyl groups excluding tert-OH is 1.